The number of hydrogen-bond donors (Lipinski definition) is 1. The predicted octanol–water partition coefficient (Wildman–Crippen LogP) is 0.979. The summed E-state index contributed by atoms with van der Waals surface area (Å²) in [5, 5.41) is 7.42. The van der Waals surface area contributed by atoms with Crippen LogP contribution in [0.2, 0.25) is 5.28 Å². The van der Waals surface area contributed by atoms with E-state index >= 15 is 0 Å². The Morgan fingerprint density at radius 1 is 1.32 bits per heavy atom. The summed E-state index contributed by atoms with van der Waals surface area (Å²) < 4.78 is 1.78. The first-order valence-electron chi connectivity index (χ1n) is 5.85. The first-order chi connectivity index (χ1) is 9.04. The number of nitrogens with one attached hydrogen (secondary N) is 1. The van der Waals surface area contributed by atoms with Crippen molar-refractivity contribution < 1.29 is 0 Å². The Bertz CT molecular complexity index is 552. The van der Waals surface area contributed by atoms with Crippen LogP contribution in [0.15, 0.2) is 12.4 Å². The van der Waals surface area contributed by atoms with Crippen molar-refractivity contribution in [2.75, 3.05) is 30.9 Å². The molecule has 1 N–H and O–H groups in total. The van der Waals surface area contributed by atoms with Crippen molar-refractivity contribution in [3.63, 3.8) is 0 Å². The Morgan fingerprint density at radius 2 is 2.11 bits per heavy atom. The van der Waals surface area contributed by atoms with Gasteiger partial charge in [-0.3, -0.25) is 4.68 Å². The number of rotatable bonds is 5. The van der Waals surface area contributed by atoms with Crippen LogP contribution in [-0.2, 0) is 13.5 Å². The standard InChI is InChI=1S/C11H16ClN7/c1-18(2)11-16-9(12)15-10(17-11)13-5-4-8-6-14-19(3)7-8/h6-7H,4-5H2,1-3H3,(H,13,15,16,17). The zero-order valence-corrected chi connectivity index (χ0v) is 11.9. The van der Waals surface area contributed by atoms with Crippen LogP contribution in [0.3, 0.4) is 0 Å². The number of anilines is 2. The molecule has 2 rings (SSSR count). The average Bonchev–Trinajstić information content (AvgIpc) is 2.74. The Balaban J connectivity index is 1.95. The van der Waals surface area contributed by atoms with Crippen molar-refractivity contribution in [3.8, 4) is 0 Å². The normalized spacial score (nSPS) is 10.5. The van der Waals surface area contributed by atoms with Crippen LogP contribution >= 0.6 is 11.6 Å². The highest BCUT2D eigenvalue weighted by Gasteiger charge is 2.06. The van der Waals surface area contributed by atoms with E-state index in [2.05, 4.69) is 25.4 Å². The molecule has 8 heteroatoms. The minimum Gasteiger partial charge on any atom is -0.354 e. The molecule has 0 amide bonds. The Morgan fingerprint density at radius 3 is 2.74 bits per heavy atom. The number of aryl methyl sites for hydroxylation is 1. The summed E-state index contributed by atoms with van der Waals surface area (Å²) in [7, 11) is 5.60. The molecule has 0 aliphatic heterocycles. The molecule has 0 aliphatic rings. The van der Waals surface area contributed by atoms with Gasteiger partial charge in [-0.25, -0.2) is 0 Å². The molecule has 0 bridgehead atoms. The number of hydrogen-bond acceptors (Lipinski definition) is 6. The van der Waals surface area contributed by atoms with Gasteiger partial charge in [-0.2, -0.15) is 20.1 Å². The lowest BCUT2D eigenvalue weighted by Gasteiger charge is -2.11. The van der Waals surface area contributed by atoms with E-state index in [-0.39, 0.29) is 5.28 Å². The highest BCUT2D eigenvalue weighted by atomic mass is 35.5. The van der Waals surface area contributed by atoms with E-state index in [0.29, 0.717) is 18.4 Å². The highest BCUT2D eigenvalue weighted by molar-refractivity contribution is 6.28. The fraction of sp³-hybridized carbons (Fsp3) is 0.455. The van der Waals surface area contributed by atoms with Crippen molar-refractivity contribution in [1.82, 2.24) is 24.7 Å². The topological polar surface area (TPSA) is 71.8 Å². The van der Waals surface area contributed by atoms with E-state index in [1.165, 1.54) is 0 Å². The van der Waals surface area contributed by atoms with Crippen LogP contribution in [0, 0.1) is 0 Å². The summed E-state index contributed by atoms with van der Waals surface area (Å²) in [6.07, 6.45) is 4.66. The van der Waals surface area contributed by atoms with Gasteiger partial charge in [0.2, 0.25) is 17.2 Å². The van der Waals surface area contributed by atoms with Gasteiger partial charge in [0.15, 0.2) is 0 Å². The van der Waals surface area contributed by atoms with Gasteiger partial charge in [-0.15, -0.1) is 0 Å². The zero-order chi connectivity index (χ0) is 13.8. The maximum absolute atomic E-state index is 5.85. The lowest BCUT2D eigenvalue weighted by molar-refractivity contribution is 0.766. The molecule has 0 spiro atoms. The van der Waals surface area contributed by atoms with E-state index in [4.69, 9.17) is 11.6 Å². The molecule has 102 valence electrons. The van der Waals surface area contributed by atoms with Gasteiger partial charge < -0.3 is 10.2 Å². The second kappa shape index (κ2) is 5.83. The molecule has 0 saturated carbocycles. The van der Waals surface area contributed by atoms with Crippen molar-refractivity contribution in [1.29, 1.82) is 0 Å². The van der Waals surface area contributed by atoms with Crippen LogP contribution in [0.25, 0.3) is 0 Å². The molecule has 2 aromatic heterocycles. The minimum atomic E-state index is 0.183. The van der Waals surface area contributed by atoms with Crippen LogP contribution in [0.4, 0.5) is 11.9 Å². The molecule has 0 atom stereocenters. The summed E-state index contributed by atoms with van der Waals surface area (Å²) in [6, 6.07) is 0. The highest BCUT2D eigenvalue weighted by Crippen LogP contribution is 2.11. The summed E-state index contributed by atoms with van der Waals surface area (Å²) in [5.74, 6) is 1.01. The third-order valence-corrected chi connectivity index (χ3v) is 2.62. The first kappa shape index (κ1) is 13.5. The number of nitrogens with zero attached hydrogens (tertiary/aromatic N) is 6. The fourth-order valence-corrected chi connectivity index (χ4v) is 1.69. The molecule has 2 aromatic rings. The van der Waals surface area contributed by atoms with Crippen LogP contribution in [-0.4, -0.2) is 45.4 Å². The molecule has 7 nitrogen and oxygen atoms in total. The van der Waals surface area contributed by atoms with Gasteiger partial charge in [0.05, 0.1) is 6.20 Å². The lowest BCUT2D eigenvalue weighted by atomic mass is 10.2. The maximum Gasteiger partial charge on any atom is 0.230 e. The molecule has 0 aliphatic carbocycles. The number of halogens is 1. The average molecular weight is 282 g/mol. The molecular formula is C11H16ClN7. The smallest absolute Gasteiger partial charge is 0.230 e. The molecule has 19 heavy (non-hydrogen) atoms. The van der Waals surface area contributed by atoms with Gasteiger partial charge >= 0.3 is 0 Å². The van der Waals surface area contributed by atoms with Crippen LogP contribution in [0.5, 0.6) is 0 Å². The third kappa shape index (κ3) is 3.78. The van der Waals surface area contributed by atoms with E-state index in [0.717, 1.165) is 12.0 Å². The van der Waals surface area contributed by atoms with Gasteiger partial charge in [0, 0.05) is 33.9 Å². The second-order valence-corrected chi connectivity index (χ2v) is 4.66. The van der Waals surface area contributed by atoms with Crippen LogP contribution in [0.1, 0.15) is 5.56 Å². The maximum atomic E-state index is 5.85. The quantitative estimate of drug-likeness (QED) is 0.881. The zero-order valence-electron chi connectivity index (χ0n) is 11.1. The van der Waals surface area contributed by atoms with Crippen molar-refractivity contribution in [3.05, 3.63) is 23.2 Å². The van der Waals surface area contributed by atoms with E-state index < -0.39 is 0 Å². The third-order valence-electron chi connectivity index (χ3n) is 2.45. The molecular weight excluding hydrogens is 266 g/mol. The largest absolute Gasteiger partial charge is 0.354 e. The van der Waals surface area contributed by atoms with Crippen molar-refractivity contribution in [2.45, 2.75) is 6.42 Å². The SMILES string of the molecule is CN(C)c1nc(Cl)nc(NCCc2cnn(C)c2)n1. The Labute approximate surface area is 116 Å². The van der Waals surface area contributed by atoms with Gasteiger partial charge in [0.1, 0.15) is 0 Å². The summed E-state index contributed by atoms with van der Waals surface area (Å²) in [4.78, 5) is 14.1. The fourth-order valence-electron chi connectivity index (χ4n) is 1.54. The summed E-state index contributed by atoms with van der Waals surface area (Å²) in [5.41, 5.74) is 1.16. The van der Waals surface area contributed by atoms with E-state index in [1.54, 1.807) is 9.58 Å². The first-order valence-corrected chi connectivity index (χ1v) is 6.22. The summed E-state index contributed by atoms with van der Waals surface area (Å²) in [6.45, 7) is 0.707. The van der Waals surface area contributed by atoms with Gasteiger partial charge in [0.25, 0.3) is 0 Å². The molecule has 0 fully saturated rings. The Hall–Kier alpha value is -1.89. The molecule has 2 heterocycles. The molecule has 0 aromatic carbocycles. The second-order valence-electron chi connectivity index (χ2n) is 4.32. The van der Waals surface area contributed by atoms with Gasteiger partial charge in [-0.05, 0) is 23.6 Å². The van der Waals surface area contributed by atoms with Crippen molar-refractivity contribution >= 4 is 23.5 Å². The van der Waals surface area contributed by atoms with E-state index in [9.17, 15) is 0 Å². The van der Waals surface area contributed by atoms with E-state index in [1.807, 2.05) is 33.5 Å². The monoisotopic (exact) mass is 281 g/mol. The molecule has 0 unspecified atom stereocenters. The predicted molar refractivity (Wildman–Crippen MR) is 74.6 cm³/mol. The van der Waals surface area contributed by atoms with Crippen LogP contribution < -0.4 is 10.2 Å². The molecule has 0 radical (unpaired) electrons. The lowest BCUT2D eigenvalue weighted by Crippen LogP contribution is -2.16. The van der Waals surface area contributed by atoms with Gasteiger partial charge in [-0.1, -0.05) is 0 Å². The Kier molecular flexibility index (Phi) is 4.16. The molecule has 0 saturated heterocycles. The summed E-state index contributed by atoms with van der Waals surface area (Å²) >= 11 is 5.85. The minimum absolute atomic E-state index is 0.183. The van der Waals surface area contributed by atoms with Crippen molar-refractivity contribution in [2.24, 2.45) is 7.05 Å². The number of aromatic nitrogens is 5.